The van der Waals surface area contributed by atoms with E-state index in [0.717, 1.165) is 10.9 Å². The number of aryl methyl sites for hydroxylation is 1. The molecule has 1 aliphatic rings. The van der Waals surface area contributed by atoms with Gasteiger partial charge in [-0.1, -0.05) is 6.92 Å². The normalized spacial score (nSPS) is 17.0. The molecule has 1 saturated heterocycles. The molecule has 1 aromatic heterocycles. The Bertz CT molecular complexity index is 871. The summed E-state index contributed by atoms with van der Waals surface area (Å²) in [5, 5.41) is 11.9. The van der Waals surface area contributed by atoms with Gasteiger partial charge < -0.3 is 24.0 Å². The number of nitrogens with zero attached hydrogens (tertiary/aromatic N) is 1. The maximum Gasteiger partial charge on any atom is 0.336 e. The van der Waals surface area contributed by atoms with Crippen LogP contribution in [0.25, 0.3) is 11.0 Å². The van der Waals surface area contributed by atoms with Crippen LogP contribution in [-0.4, -0.2) is 36.0 Å². The molecular weight excluding hydrogens is 326 g/mol. The number of ether oxygens (including phenoxy) is 1. The van der Waals surface area contributed by atoms with Crippen molar-refractivity contribution >= 4 is 22.8 Å². The number of carboxylic acids is 1. The molecule has 1 amide bonds. The lowest BCUT2D eigenvalue weighted by Crippen LogP contribution is -2.48. The Hall–Kier alpha value is -2.83. The molecule has 0 aliphatic carbocycles. The largest absolute Gasteiger partial charge is 0.548 e. The van der Waals surface area contributed by atoms with Crippen LogP contribution in [0.3, 0.4) is 0 Å². The molecule has 0 unspecified atom stereocenters. The SMILES string of the molecule is CCc1cc(=O)oc2cc(OCC(=O)N3CCC[C@H]3C(=O)[O-])ccc12. The van der Waals surface area contributed by atoms with E-state index in [0.29, 0.717) is 37.1 Å². The van der Waals surface area contributed by atoms with Crippen LogP contribution in [0.1, 0.15) is 25.3 Å². The number of aliphatic carboxylic acids is 1. The maximum atomic E-state index is 12.2. The zero-order chi connectivity index (χ0) is 18.0. The van der Waals surface area contributed by atoms with Gasteiger partial charge >= 0.3 is 5.63 Å². The summed E-state index contributed by atoms with van der Waals surface area (Å²) < 4.78 is 10.6. The van der Waals surface area contributed by atoms with Gasteiger partial charge in [0.25, 0.3) is 5.91 Å². The first-order valence-corrected chi connectivity index (χ1v) is 8.19. The van der Waals surface area contributed by atoms with Crippen molar-refractivity contribution in [1.29, 1.82) is 0 Å². The fourth-order valence-corrected chi connectivity index (χ4v) is 3.13. The van der Waals surface area contributed by atoms with Gasteiger partial charge in [0.2, 0.25) is 0 Å². The molecule has 0 spiro atoms. The number of carbonyl (C=O) groups excluding carboxylic acids is 2. The van der Waals surface area contributed by atoms with Crippen LogP contribution < -0.4 is 15.5 Å². The van der Waals surface area contributed by atoms with Gasteiger partial charge in [0.15, 0.2) is 6.61 Å². The van der Waals surface area contributed by atoms with Gasteiger partial charge in [0.1, 0.15) is 11.3 Å². The standard InChI is InChI=1S/C18H19NO6/c1-2-11-8-17(21)25-15-9-12(5-6-13(11)15)24-10-16(20)19-7-3-4-14(19)18(22)23/h5-6,8-9,14H,2-4,7,10H2,1H3,(H,22,23)/p-1/t14-/m0/s1. The average molecular weight is 344 g/mol. The topological polar surface area (TPSA) is 99.9 Å². The zero-order valence-corrected chi connectivity index (χ0v) is 13.8. The van der Waals surface area contributed by atoms with Crippen molar-refractivity contribution in [2.45, 2.75) is 32.2 Å². The number of likely N-dealkylation sites (tertiary alicyclic amines) is 1. The molecule has 7 heteroatoms. The monoisotopic (exact) mass is 344 g/mol. The molecule has 7 nitrogen and oxygen atoms in total. The van der Waals surface area contributed by atoms with Crippen LogP contribution in [0.15, 0.2) is 33.5 Å². The van der Waals surface area contributed by atoms with E-state index in [1.807, 2.05) is 6.92 Å². The van der Waals surface area contributed by atoms with Gasteiger partial charge in [-0.05, 0) is 37.0 Å². The highest BCUT2D eigenvalue weighted by Crippen LogP contribution is 2.23. The second kappa shape index (κ2) is 6.96. The smallest absolute Gasteiger partial charge is 0.336 e. The number of hydrogen-bond acceptors (Lipinski definition) is 6. The van der Waals surface area contributed by atoms with Gasteiger partial charge in [-0.2, -0.15) is 0 Å². The van der Waals surface area contributed by atoms with Gasteiger partial charge in [-0.25, -0.2) is 4.79 Å². The summed E-state index contributed by atoms with van der Waals surface area (Å²) in [6.07, 6.45) is 1.72. The lowest BCUT2D eigenvalue weighted by Gasteiger charge is -2.25. The Balaban J connectivity index is 1.74. The summed E-state index contributed by atoms with van der Waals surface area (Å²) in [7, 11) is 0. The number of carboxylic acid groups (broad SMARTS) is 1. The van der Waals surface area contributed by atoms with Crippen molar-refractivity contribution in [2.75, 3.05) is 13.2 Å². The van der Waals surface area contributed by atoms with E-state index >= 15 is 0 Å². The van der Waals surface area contributed by atoms with Gasteiger partial charge in [-0.15, -0.1) is 0 Å². The third kappa shape index (κ3) is 3.50. The molecule has 1 aromatic carbocycles. The number of benzene rings is 1. The van der Waals surface area contributed by atoms with Crippen LogP contribution in [0.2, 0.25) is 0 Å². The van der Waals surface area contributed by atoms with E-state index in [1.165, 1.54) is 11.0 Å². The van der Waals surface area contributed by atoms with Crippen molar-refractivity contribution in [3.05, 3.63) is 40.2 Å². The Labute approximate surface area is 143 Å². The van der Waals surface area contributed by atoms with Gasteiger partial charge in [0, 0.05) is 24.1 Å². The Morgan fingerprint density at radius 1 is 1.36 bits per heavy atom. The Morgan fingerprint density at radius 2 is 2.16 bits per heavy atom. The highest BCUT2D eigenvalue weighted by molar-refractivity contribution is 5.85. The van der Waals surface area contributed by atoms with E-state index in [-0.39, 0.29) is 6.61 Å². The van der Waals surface area contributed by atoms with E-state index < -0.39 is 23.5 Å². The van der Waals surface area contributed by atoms with Gasteiger partial charge in [0.05, 0.1) is 12.0 Å². The summed E-state index contributed by atoms with van der Waals surface area (Å²) in [4.78, 5) is 36.1. The van der Waals surface area contributed by atoms with Crippen molar-refractivity contribution in [2.24, 2.45) is 0 Å². The van der Waals surface area contributed by atoms with E-state index in [4.69, 9.17) is 9.15 Å². The first-order chi connectivity index (χ1) is 12.0. The number of amides is 1. The van der Waals surface area contributed by atoms with Crippen LogP contribution in [-0.2, 0) is 16.0 Å². The van der Waals surface area contributed by atoms with Crippen LogP contribution in [0.5, 0.6) is 5.75 Å². The predicted octanol–water partition coefficient (Wildman–Crippen LogP) is 0.475. The van der Waals surface area contributed by atoms with Crippen molar-refractivity contribution in [3.63, 3.8) is 0 Å². The molecule has 0 bridgehead atoms. The summed E-state index contributed by atoms with van der Waals surface area (Å²) in [6.45, 7) is 2.04. The summed E-state index contributed by atoms with van der Waals surface area (Å²) in [5.74, 6) is -1.28. The second-order valence-electron chi connectivity index (χ2n) is 5.96. The predicted molar refractivity (Wildman–Crippen MR) is 87.1 cm³/mol. The van der Waals surface area contributed by atoms with E-state index in [2.05, 4.69) is 0 Å². The first kappa shape index (κ1) is 17.0. The van der Waals surface area contributed by atoms with E-state index in [9.17, 15) is 19.5 Å². The Morgan fingerprint density at radius 3 is 2.88 bits per heavy atom. The van der Waals surface area contributed by atoms with Crippen molar-refractivity contribution < 1.29 is 23.8 Å². The number of rotatable bonds is 5. The number of carbonyl (C=O) groups is 2. The summed E-state index contributed by atoms with van der Waals surface area (Å²) in [5.41, 5.74) is 0.831. The molecular formula is C18H18NO6-. The lowest BCUT2D eigenvalue weighted by atomic mass is 10.1. The van der Waals surface area contributed by atoms with Crippen LogP contribution in [0, 0.1) is 0 Å². The number of hydrogen-bond donors (Lipinski definition) is 0. The quantitative estimate of drug-likeness (QED) is 0.731. The molecule has 132 valence electrons. The average Bonchev–Trinajstić information content (AvgIpc) is 3.08. The molecule has 1 fully saturated rings. The van der Waals surface area contributed by atoms with Gasteiger partial charge in [-0.3, -0.25) is 4.79 Å². The minimum Gasteiger partial charge on any atom is -0.548 e. The lowest BCUT2D eigenvalue weighted by molar-refractivity contribution is -0.310. The number of fused-ring (bicyclic) bond motifs is 1. The maximum absolute atomic E-state index is 12.2. The molecule has 0 radical (unpaired) electrons. The minimum absolute atomic E-state index is 0.285. The minimum atomic E-state index is -1.24. The summed E-state index contributed by atoms with van der Waals surface area (Å²) >= 11 is 0. The molecule has 2 heterocycles. The molecule has 3 rings (SSSR count). The molecule has 0 saturated carbocycles. The summed E-state index contributed by atoms with van der Waals surface area (Å²) in [6, 6.07) is 5.59. The van der Waals surface area contributed by atoms with Crippen molar-refractivity contribution in [1.82, 2.24) is 4.90 Å². The fraction of sp³-hybridized carbons (Fsp3) is 0.389. The van der Waals surface area contributed by atoms with Crippen LogP contribution >= 0.6 is 0 Å². The molecule has 1 atom stereocenters. The zero-order valence-electron chi connectivity index (χ0n) is 13.8. The molecule has 1 aliphatic heterocycles. The molecule has 25 heavy (non-hydrogen) atoms. The highest BCUT2D eigenvalue weighted by atomic mass is 16.5. The van der Waals surface area contributed by atoms with E-state index in [1.54, 1.807) is 18.2 Å². The Kier molecular flexibility index (Phi) is 4.74. The second-order valence-corrected chi connectivity index (χ2v) is 5.96. The first-order valence-electron chi connectivity index (χ1n) is 8.19. The third-order valence-electron chi connectivity index (χ3n) is 4.39. The highest BCUT2D eigenvalue weighted by Gasteiger charge is 2.29. The molecule has 0 N–H and O–H groups in total. The van der Waals surface area contributed by atoms with Crippen molar-refractivity contribution in [3.8, 4) is 5.75 Å². The fourth-order valence-electron chi connectivity index (χ4n) is 3.13. The van der Waals surface area contributed by atoms with Crippen LogP contribution in [0.4, 0.5) is 0 Å². The third-order valence-corrected chi connectivity index (χ3v) is 4.39. The molecule has 2 aromatic rings.